The van der Waals surface area contributed by atoms with Crippen molar-refractivity contribution in [3.05, 3.63) is 35.4 Å². The number of aliphatic hydroxyl groups is 1. The second-order valence-corrected chi connectivity index (χ2v) is 8.46. The van der Waals surface area contributed by atoms with E-state index in [0.29, 0.717) is 24.8 Å². The third kappa shape index (κ3) is 4.75. The first-order chi connectivity index (χ1) is 13.6. The number of nitrogens with zero attached hydrogens (tertiary/aromatic N) is 2. The SMILES string of the molecule is C[C@](O)(c1ccc(C(=O)N(C2CCC(CCC#N)CC2)C2CC2)cc1)C(F)(F)F. The molecule has 0 aliphatic heterocycles. The summed E-state index contributed by atoms with van der Waals surface area (Å²) in [5.74, 6) is 0.386. The van der Waals surface area contributed by atoms with Gasteiger partial charge in [0, 0.05) is 24.1 Å². The van der Waals surface area contributed by atoms with E-state index < -0.39 is 11.8 Å². The molecule has 0 aromatic heterocycles. The first-order valence-electron chi connectivity index (χ1n) is 10.2. The predicted octanol–water partition coefficient (Wildman–Crippen LogP) is 4.92. The molecule has 2 fully saturated rings. The van der Waals surface area contributed by atoms with Gasteiger partial charge in [0.2, 0.25) is 0 Å². The fourth-order valence-corrected chi connectivity index (χ4v) is 4.21. The lowest BCUT2D eigenvalue weighted by Gasteiger charge is -2.37. The Morgan fingerprint density at radius 2 is 1.62 bits per heavy atom. The highest BCUT2D eigenvalue weighted by atomic mass is 19.4. The lowest BCUT2D eigenvalue weighted by Crippen LogP contribution is -2.44. The van der Waals surface area contributed by atoms with Crippen LogP contribution in [0.3, 0.4) is 0 Å². The van der Waals surface area contributed by atoms with E-state index in [4.69, 9.17) is 5.26 Å². The Morgan fingerprint density at radius 3 is 2.07 bits per heavy atom. The van der Waals surface area contributed by atoms with Crippen molar-refractivity contribution in [1.29, 1.82) is 5.26 Å². The fourth-order valence-electron chi connectivity index (χ4n) is 4.21. The first kappa shape index (κ1) is 21.6. The summed E-state index contributed by atoms with van der Waals surface area (Å²) >= 11 is 0. The molecule has 1 N–H and O–H groups in total. The Labute approximate surface area is 169 Å². The van der Waals surface area contributed by atoms with E-state index >= 15 is 0 Å². The van der Waals surface area contributed by atoms with Gasteiger partial charge in [-0.3, -0.25) is 4.79 Å². The number of carbonyl (C=O) groups excluding carboxylic acids is 1. The van der Waals surface area contributed by atoms with Gasteiger partial charge in [0.1, 0.15) is 0 Å². The van der Waals surface area contributed by atoms with Crippen molar-refractivity contribution in [1.82, 2.24) is 4.90 Å². The van der Waals surface area contributed by atoms with Crippen LogP contribution in [0.25, 0.3) is 0 Å². The molecule has 29 heavy (non-hydrogen) atoms. The average Bonchev–Trinajstić information content (AvgIpc) is 3.51. The summed E-state index contributed by atoms with van der Waals surface area (Å²) in [5, 5.41) is 18.6. The van der Waals surface area contributed by atoms with Crippen molar-refractivity contribution in [3.8, 4) is 6.07 Å². The number of benzene rings is 1. The standard InChI is InChI=1S/C22H27F3N2O2/c1-21(29,22(23,24)25)17-8-6-16(7-9-17)20(28)27(19-12-13-19)18-10-4-15(5-11-18)3-2-14-26/h6-9,15,18-19,29H,2-5,10-13H2,1H3/t15?,18?,21-/m0/s1. The maximum atomic E-state index is 13.1. The van der Waals surface area contributed by atoms with E-state index in [1.165, 1.54) is 24.3 Å². The molecule has 2 saturated carbocycles. The van der Waals surface area contributed by atoms with Crippen LogP contribution in [-0.4, -0.2) is 34.2 Å². The van der Waals surface area contributed by atoms with Gasteiger partial charge in [-0.2, -0.15) is 18.4 Å². The van der Waals surface area contributed by atoms with Crippen molar-refractivity contribution in [3.63, 3.8) is 0 Å². The van der Waals surface area contributed by atoms with Gasteiger partial charge in [0.25, 0.3) is 5.91 Å². The zero-order valence-corrected chi connectivity index (χ0v) is 16.6. The first-order valence-corrected chi connectivity index (χ1v) is 10.2. The van der Waals surface area contributed by atoms with Crippen LogP contribution in [0.1, 0.15) is 74.2 Å². The molecule has 7 heteroatoms. The van der Waals surface area contributed by atoms with Crippen molar-refractivity contribution < 1.29 is 23.1 Å². The molecule has 1 atom stereocenters. The Morgan fingerprint density at radius 1 is 1.10 bits per heavy atom. The molecule has 2 aliphatic carbocycles. The van der Waals surface area contributed by atoms with Gasteiger partial charge in [-0.1, -0.05) is 12.1 Å². The molecule has 158 valence electrons. The van der Waals surface area contributed by atoms with E-state index in [1.807, 2.05) is 4.90 Å². The molecule has 1 amide bonds. The number of carbonyl (C=O) groups is 1. The van der Waals surface area contributed by atoms with Crippen molar-refractivity contribution in [2.75, 3.05) is 0 Å². The molecule has 0 heterocycles. The van der Waals surface area contributed by atoms with Crippen molar-refractivity contribution in [2.45, 2.75) is 82.2 Å². The number of nitriles is 1. The Balaban J connectivity index is 1.70. The highest BCUT2D eigenvalue weighted by molar-refractivity contribution is 5.95. The van der Waals surface area contributed by atoms with E-state index in [-0.39, 0.29) is 23.6 Å². The molecule has 0 saturated heterocycles. The minimum atomic E-state index is -4.79. The summed E-state index contributed by atoms with van der Waals surface area (Å²) < 4.78 is 39.1. The smallest absolute Gasteiger partial charge is 0.376 e. The minimum absolute atomic E-state index is 0.145. The Kier molecular flexibility index (Phi) is 6.23. The number of hydrogen-bond donors (Lipinski definition) is 1. The van der Waals surface area contributed by atoms with Gasteiger partial charge in [-0.05, 0) is 75.5 Å². The second kappa shape index (κ2) is 8.35. The van der Waals surface area contributed by atoms with Crippen LogP contribution in [0.5, 0.6) is 0 Å². The van der Waals surface area contributed by atoms with E-state index in [0.717, 1.165) is 44.9 Å². The zero-order valence-electron chi connectivity index (χ0n) is 16.6. The summed E-state index contributed by atoms with van der Waals surface area (Å²) in [6.07, 6.45) is 2.39. The summed E-state index contributed by atoms with van der Waals surface area (Å²) in [7, 11) is 0. The van der Waals surface area contributed by atoms with Gasteiger partial charge in [0.05, 0.1) is 6.07 Å². The lowest BCUT2D eigenvalue weighted by atomic mass is 9.82. The van der Waals surface area contributed by atoms with Gasteiger partial charge in [-0.15, -0.1) is 0 Å². The number of alkyl halides is 3. The molecule has 0 bridgehead atoms. The van der Waals surface area contributed by atoms with Crippen molar-refractivity contribution >= 4 is 5.91 Å². The third-order valence-corrected chi connectivity index (χ3v) is 6.29. The summed E-state index contributed by atoms with van der Waals surface area (Å²) in [6.45, 7) is 0.713. The van der Waals surface area contributed by atoms with Crippen LogP contribution in [0, 0.1) is 17.2 Å². The van der Waals surface area contributed by atoms with Crippen molar-refractivity contribution in [2.24, 2.45) is 5.92 Å². The Hall–Kier alpha value is -2.07. The van der Waals surface area contributed by atoms with Gasteiger partial charge < -0.3 is 10.0 Å². The van der Waals surface area contributed by atoms with Crippen LogP contribution in [-0.2, 0) is 5.60 Å². The van der Waals surface area contributed by atoms with E-state index in [2.05, 4.69) is 6.07 Å². The van der Waals surface area contributed by atoms with E-state index in [9.17, 15) is 23.1 Å². The molecular weight excluding hydrogens is 381 g/mol. The monoisotopic (exact) mass is 408 g/mol. The molecule has 2 aliphatic rings. The molecule has 0 unspecified atom stereocenters. The highest BCUT2D eigenvalue weighted by Gasteiger charge is 2.51. The van der Waals surface area contributed by atoms with Gasteiger partial charge in [0.15, 0.2) is 5.60 Å². The van der Waals surface area contributed by atoms with Crippen LogP contribution in [0.4, 0.5) is 13.2 Å². The number of amides is 1. The van der Waals surface area contributed by atoms with Crippen LogP contribution < -0.4 is 0 Å². The number of halogens is 3. The highest BCUT2D eigenvalue weighted by Crippen LogP contribution is 2.40. The second-order valence-electron chi connectivity index (χ2n) is 8.46. The number of rotatable bonds is 6. The fraction of sp³-hybridized carbons (Fsp3) is 0.636. The van der Waals surface area contributed by atoms with Gasteiger partial charge >= 0.3 is 6.18 Å². The summed E-state index contributed by atoms with van der Waals surface area (Å²) in [6, 6.07) is 7.67. The molecule has 1 aromatic rings. The quantitative estimate of drug-likeness (QED) is 0.726. The minimum Gasteiger partial charge on any atom is -0.376 e. The topological polar surface area (TPSA) is 64.3 Å². The molecule has 1 aromatic carbocycles. The molecule has 0 spiro atoms. The average molecular weight is 408 g/mol. The largest absolute Gasteiger partial charge is 0.421 e. The Bertz CT molecular complexity index is 756. The van der Waals surface area contributed by atoms with E-state index in [1.54, 1.807) is 0 Å². The molecular formula is C22H27F3N2O2. The molecule has 3 rings (SSSR count). The zero-order chi connectivity index (χ0) is 21.2. The maximum Gasteiger partial charge on any atom is 0.421 e. The van der Waals surface area contributed by atoms with Crippen LogP contribution in [0.15, 0.2) is 24.3 Å². The third-order valence-electron chi connectivity index (χ3n) is 6.29. The molecule has 4 nitrogen and oxygen atoms in total. The lowest BCUT2D eigenvalue weighted by molar-refractivity contribution is -0.258. The predicted molar refractivity (Wildman–Crippen MR) is 102 cm³/mol. The maximum absolute atomic E-state index is 13.1. The normalized spacial score (nSPS) is 24.4. The van der Waals surface area contributed by atoms with Crippen LogP contribution >= 0.6 is 0 Å². The summed E-state index contributed by atoms with van der Waals surface area (Å²) in [4.78, 5) is 15.1. The molecule has 0 radical (unpaired) electrons. The van der Waals surface area contributed by atoms with Gasteiger partial charge in [-0.25, -0.2) is 0 Å². The number of hydrogen-bond acceptors (Lipinski definition) is 3. The summed E-state index contributed by atoms with van der Waals surface area (Å²) in [5.41, 5.74) is -2.88. The van der Waals surface area contributed by atoms with Crippen LogP contribution in [0.2, 0.25) is 0 Å².